The number of hydrogen-bond donors (Lipinski definition) is 3. The molecule has 23 heavy (non-hydrogen) atoms. The van der Waals surface area contributed by atoms with Gasteiger partial charge in [0.25, 0.3) is 0 Å². The van der Waals surface area contributed by atoms with Crippen molar-refractivity contribution in [2.75, 3.05) is 13.2 Å². The molecule has 0 saturated carbocycles. The van der Waals surface area contributed by atoms with Crippen molar-refractivity contribution < 1.29 is 19.0 Å². The third kappa shape index (κ3) is 4.58. The van der Waals surface area contributed by atoms with Crippen molar-refractivity contribution in [1.82, 2.24) is 10.6 Å². The molecule has 128 valence electrons. The number of aliphatic hydroxyl groups excluding tert-OH is 1. The van der Waals surface area contributed by atoms with Crippen LogP contribution in [0.4, 0.5) is 9.18 Å². The van der Waals surface area contributed by atoms with Crippen LogP contribution in [0.1, 0.15) is 44.7 Å². The van der Waals surface area contributed by atoms with Gasteiger partial charge in [-0.3, -0.25) is 0 Å². The lowest BCUT2D eigenvalue weighted by Crippen LogP contribution is -2.46. The molecule has 5 nitrogen and oxygen atoms in total. The molecule has 1 aliphatic rings. The number of aliphatic hydroxyl groups is 1. The Hall–Kier alpha value is -1.82. The van der Waals surface area contributed by atoms with Gasteiger partial charge in [0.2, 0.25) is 0 Å². The van der Waals surface area contributed by atoms with E-state index in [0.29, 0.717) is 25.0 Å². The molecule has 0 saturated heterocycles. The van der Waals surface area contributed by atoms with Gasteiger partial charge in [-0.1, -0.05) is 26.0 Å². The van der Waals surface area contributed by atoms with Crippen molar-refractivity contribution in [3.05, 3.63) is 29.6 Å². The van der Waals surface area contributed by atoms with Crippen molar-refractivity contribution in [1.29, 1.82) is 0 Å². The Kier molecular flexibility index (Phi) is 6.21. The lowest BCUT2D eigenvalue weighted by molar-refractivity contribution is 0.215. The number of carbonyl (C=O) groups excluding carboxylic acids is 1. The number of rotatable bonds is 5. The highest BCUT2D eigenvalue weighted by atomic mass is 19.1. The number of ether oxygens (including phenoxy) is 1. The summed E-state index contributed by atoms with van der Waals surface area (Å²) in [4.78, 5) is 12.3. The van der Waals surface area contributed by atoms with Crippen molar-refractivity contribution in [3.8, 4) is 5.75 Å². The molecule has 0 aromatic heterocycles. The van der Waals surface area contributed by atoms with Gasteiger partial charge in [-0.05, 0) is 31.2 Å². The summed E-state index contributed by atoms with van der Waals surface area (Å²) < 4.78 is 19.4. The van der Waals surface area contributed by atoms with Gasteiger partial charge >= 0.3 is 6.03 Å². The van der Waals surface area contributed by atoms with E-state index >= 15 is 0 Å². The van der Waals surface area contributed by atoms with Crippen LogP contribution in [0.2, 0.25) is 0 Å². The Labute approximate surface area is 136 Å². The summed E-state index contributed by atoms with van der Waals surface area (Å²) in [7, 11) is 0. The van der Waals surface area contributed by atoms with E-state index in [1.54, 1.807) is 12.1 Å². The Bertz CT molecular complexity index is 537. The highest BCUT2D eigenvalue weighted by molar-refractivity contribution is 5.75. The van der Waals surface area contributed by atoms with Crippen LogP contribution in [0.25, 0.3) is 0 Å². The van der Waals surface area contributed by atoms with E-state index in [1.165, 1.54) is 6.07 Å². The topological polar surface area (TPSA) is 70.6 Å². The van der Waals surface area contributed by atoms with Crippen LogP contribution in [-0.4, -0.2) is 30.4 Å². The Balaban J connectivity index is 2.07. The average molecular weight is 324 g/mol. The quantitative estimate of drug-likeness (QED) is 0.780. The molecule has 0 spiro atoms. The highest BCUT2D eigenvalue weighted by Crippen LogP contribution is 2.33. The molecule has 0 aliphatic carbocycles. The second kappa shape index (κ2) is 8.15. The minimum absolute atomic E-state index is 0.0223. The largest absolute Gasteiger partial charge is 0.490 e. The summed E-state index contributed by atoms with van der Waals surface area (Å²) >= 11 is 0. The zero-order valence-electron chi connectivity index (χ0n) is 13.6. The number of nitrogens with one attached hydrogen (secondary N) is 2. The van der Waals surface area contributed by atoms with E-state index in [4.69, 9.17) is 9.84 Å². The second-order valence-electron chi connectivity index (χ2n) is 6.18. The van der Waals surface area contributed by atoms with Crippen LogP contribution < -0.4 is 15.4 Å². The van der Waals surface area contributed by atoms with E-state index in [1.807, 2.05) is 13.8 Å². The Morgan fingerprint density at radius 1 is 1.48 bits per heavy atom. The van der Waals surface area contributed by atoms with Gasteiger partial charge in [0.1, 0.15) is 0 Å². The molecule has 2 unspecified atom stereocenters. The maximum absolute atomic E-state index is 13.9. The van der Waals surface area contributed by atoms with Gasteiger partial charge in [0, 0.05) is 18.2 Å². The number of amides is 2. The molecular weight excluding hydrogens is 299 g/mol. The summed E-state index contributed by atoms with van der Waals surface area (Å²) in [5.74, 6) is 0.0399. The standard InChI is InChI=1S/C17H25FN2O3/c1-11(2)14(8-9-21)19-17(22)20-15-7-4-10-23-16-12(15)5-3-6-13(16)18/h3,5-6,11,14-15,21H,4,7-10H2,1-2H3,(H2,19,20,22). The van der Waals surface area contributed by atoms with Crippen molar-refractivity contribution in [2.45, 2.75) is 45.2 Å². The van der Waals surface area contributed by atoms with Gasteiger partial charge in [-0.25, -0.2) is 9.18 Å². The zero-order chi connectivity index (χ0) is 16.8. The summed E-state index contributed by atoms with van der Waals surface area (Å²) in [6.07, 6.45) is 1.93. The smallest absolute Gasteiger partial charge is 0.315 e. The fraction of sp³-hybridized carbons (Fsp3) is 0.588. The predicted octanol–water partition coefficient (Wildman–Crippen LogP) is 2.75. The molecule has 0 radical (unpaired) electrons. The maximum atomic E-state index is 13.9. The fourth-order valence-corrected chi connectivity index (χ4v) is 2.80. The van der Waals surface area contributed by atoms with Crippen molar-refractivity contribution in [2.24, 2.45) is 5.92 Å². The molecule has 0 fully saturated rings. The lowest BCUT2D eigenvalue weighted by atomic mass is 10.0. The summed E-state index contributed by atoms with van der Waals surface area (Å²) in [6, 6.07) is 4.07. The molecule has 6 heteroatoms. The van der Waals surface area contributed by atoms with Crippen molar-refractivity contribution in [3.63, 3.8) is 0 Å². The number of halogens is 1. The van der Waals surface area contributed by atoms with Crippen LogP contribution in [0.15, 0.2) is 18.2 Å². The number of fused-ring (bicyclic) bond motifs is 1. The third-order valence-electron chi connectivity index (χ3n) is 4.12. The number of urea groups is 1. The maximum Gasteiger partial charge on any atom is 0.315 e. The van der Waals surface area contributed by atoms with E-state index in [-0.39, 0.29) is 36.4 Å². The summed E-state index contributed by atoms with van der Waals surface area (Å²) in [6.45, 7) is 4.44. The van der Waals surface area contributed by atoms with E-state index in [2.05, 4.69) is 10.6 Å². The first-order valence-electron chi connectivity index (χ1n) is 8.12. The van der Waals surface area contributed by atoms with Gasteiger partial charge < -0.3 is 20.5 Å². The van der Waals surface area contributed by atoms with E-state index < -0.39 is 5.82 Å². The van der Waals surface area contributed by atoms with Gasteiger partial charge in [0.05, 0.1) is 12.6 Å². The number of benzene rings is 1. The molecule has 0 bridgehead atoms. The first-order valence-corrected chi connectivity index (χ1v) is 8.12. The monoisotopic (exact) mass is 324 g/mol. The second-order valence-corrected chi connectivity index (χ2v) is 6.18. The molecule has 2 atom stereocenters. The minimum atomic E-state index is -0.406. The number of hydrogen-bond acceptors (Lipinski definition) is 3. The molecule has 1 aromatic rings. The van der Waals surface area contributed by atoms with Gasteiger partial charge in [0.15, 0.2) is 11.6 Å². The van der Waals surface area contributed by atoms with Crippen molar-refractivity contribution >= 4 is 6.03 Å². The van der Waals surface area contributed by atoms with Crippen LogP contribution in [0.3, 0.4) is 0 Å². The number of carbonyl (C=O) groups is 1. The summed E-state index contributed by atoms with van der Waals surface area (Å²) in [5.41, 5.74) is 0.668. The SMILES string of the molecule is CC(C)C(CCO)NC(=O)NC1CCCOc2c(F)cccc21. The number of para-hydroxylation sites is 1. The molecule has 1 heterocycles. The first-order chi connectivity index (χ1) is 11.0. The Morgan fingerprint density at radius 2 is 2.26 bits per heavy atom. The molecule has 1 aromatic carbocycles. The predicted molar refractivity (Wildman–Crippen MR) is 85.9 cm³/mol. The van der Waals surface area contributed by atoms with Crippen LogP contribution in [0, 0.1) is 11.7 Å². The van der Waals surface area contributed by atoms with Crippen LogP contribution in [-0.2, 0) is 0 Å². The van der Waals surface area contributed by atoms with Gasteiger partial charge in [-0.2, -0.15) is 0 Å². The first kappa shape index (κ1) is 17.5. The Morgan fingerprint density at radius 3 is 2.96 bits per heavy atom. The zero-order valence-corrected chi connectivity index (χ0v) is 13.6. The van der Waals surface area contributed by atoms with E-state index in [0.717, 1.165) is 6.42 Å². The molecular formula is C17H25FN2O3. The fourth-order valence-electron chi connectivity index (χ4n) is 2.80. The molecule has 2 rings (SSSR count). The highest BCUT2D eigenvalue weighted by Gasteiger charge is 2.25. The van der Waals surface area contributed by atoms with Crippen LogP contribution in [0.5, 0.6) is 5.75 Å². The molecule has 2 amide bonds. The lowest BCUT2D eigenvalue weighted by Gasteiger charge is -2.24. The third-order valence-corrected chi connectivity index (χ3v) is 4.12. The minimum Gasteiger partial charge on any atom is -0.490 e. The summed E-state index contributed by atoms with van der Waals surface area (Å²) in [5, 5.41) is 14.9. The van der Waals surface area contributed by atoms with Crippen LogP contribution >= 0.6 is 0 Å². The average Bonchev–Trinajstić information content (AvgIpc) is 2.70. The molecule has 3 N–H and O–H groups in total. The van der Waals surface area contributed by atoms with E-state index in [9.17, 15) is 9.18 Å². The van der Waals surface area contributed by atoms with Gasteiger partial charge in [-0.15, -0.1) is 0 Å². The normalized spacial score (nSPS) is 18.6. The molecule has 1 aliphatic heterocycles.